The fourth-order valence-electron chi connectivity index (χ4n) is 6.56. The molecule has 0 fully saturated rings. The molecule has 1 heteroatoms. The molecule has 2 aliphatic carbocycles. The van der Waals surface area contributed by atoms with E-state index in [2.05, 4.69) is 164 Å². The van der Waals surface area contributed by atoms with Crippen LogP contribution in [-0.2, 0) is 10.8 Å². The minimum absolute atomic E-state index is 0.0769. The van der Waals surface area contributed by atoms with E-state index in [1.807, 2.05) is 0 Å². The molecule has 0 heterocycles. The van der Waals surface area contributed by atoms with Crippen LogP contribution >= 0.6 is 0 Å². The zero-order valence-electron chi connectivity index (χ0n) is 27.4. The minimum Gasteiger partial charge on any atom is -0.0808 e. The smallest absolute Gasteiger partial charge is 0.0772 e. The van der Waals surface area contributed by atoms with Gasteiger partial charge >= 0.3 is 0 Å². The largest absolute Gasteiger partial charge is 0.0808 e. The van der Waals surface area contributed by atoms with Gasteiger partial charge < -0.3 is 0 Å². The molecule has 6 rings (SSSR count). The highest BCUT2D eigenvalue weighted by atomic mass is 28.3. The standard InChI is InChI=1S/C42H45Si/c1-41(2,3)32-22-20-30-25-36-35(34(30)26-32)27-37(42(4,5)6)40(39(36)31-21-23-33(24-31)43(7,8)9)38(28-16-12-10-13-17-28)29-18-14-11-15-19-29/h10-20,22-24,26-27H,21H2,1-9H3. The summed E-state index contributed by atoms with van der Waals surface area (Å²) < 4.78 is 0. The van der Waals surface area contributed by atoms with Gasteiger partial charge in [-0.3, -0.25) is 0 Å². The Balaban J connectivity index is 1.89. The van der Waals surface area contributed by atoms with Gasteiger partial charge in [0, 0.05) is 0 Å². The van der Waals surface area contributed by atoms with E-state index >= 15 is 0 Å². The molecule has 0 aliphatic heterocycles. The molecule has 0 bridgehead atoms. The maximum absolute atomic E-state index is 3.97. The summed E-state index contributed by atoms with van der Waals surface area (Å²) in [5.41, 5.74) is 10.6. The van der Waals surface area contributed by atoms with Crippen LogP contribution in [0.1, 0.15) is 81.3 Å². The highest BCUT2D eigenvalue weighted by Crippen LogP contribution is 2.37. The molecule has 43 heavy (non-hydrogen) atoms. The SMILES string of the molecule is CC(C)(C)c1ccc2c(c1)=c1cc(C(C)(C)C)c(=C(c3ccccc3)c3ccccc3)c(C3=CC([Si](C)(C)C)=CC3)c1[C]=2. The van der Waals surface area contributed by atoms with Gasteiger partial charge in [0.2, 0.25) is 0 Å². The number of allylic oxidation sites excluding steroid dienone is 4. The lowest BCUT2D eigenvalue weighted by atomic mass is 9.78. The van der Waals surface area contributed by atoms with E-state index in [0.29, 0.717) is 0 Å². The first-order chi connectivity index (χ1) is 20.2. The first kappa shape index (κ1) is 29.4. The third kappa shape index (κ3) is 5.45. The lowest BCUT2D eigenvalue weighted by Gasteiger charge is -2.26. The van der Waals surface area contributed by atoms with Crippen molar-refractivity contribution in [3.63, 3.8) is 0 Å². The topological polar surface area (TPSA) is 0 Å². The zero-order valence-corrected chi connectivity index (χ0v) is 28.4. The van der Waals surface area contributed by atoms with Gasteiger partial charge in [0.25, 0.3) is 0 Å². The quantitative estimate of drug-likeness (QED) is 0.187. The monoisotopic (exact) mass is 577 g/mol. The van der Waals surface area contributed by atoms with E-state index in [1.165, 1.54) is 65.4 Å². The molecule has 1 radical (unpaired) electrons. The molecule has 217 valence electrons. The number of rotatable bonds is 4. The molecule has 0 unspecified atom stereocenters. The summed E-state index contributed by atoms with van der Waals surface area (Å²) in [7, 11) is -1.48. The molecule has 0 nitrogen and oxygen atoms in total. The second-order valence-corrected chi connectivity index (χ2v) is 20.4. The van der Waals surface area contributed by atoms with Crippen molar-refractivity contribution in [3.8, 4) is 0 Å². The van der Waals surface area contributed by atoms with Gasteiger partial charge in [0.15, 0.2) is 0 Å². The fraction of sp³-hybridized carbons (Fsp3) is 0.286. The lowest BCUT2D eigenvalue weighted by molar-refractivity contribution is 0.584. The van der Waals surface area contributed by atoms with Crippen LogP contribution in [-0.4, -0.2) is 8.07 Å². The van der Waals surface area contributed by atoms with Crippen LogP contribution in [0, 0.1) is 10.4 Å². The van der Waals surface area contributed by atoms with Crippen molar-refractivity contribution in [1.29, 1.82) is 0 Å². The predicted octanol–water partition coefficient (Wildman–Crippen LogP) is 9.43. The van der Waals surface area contributed by atoms with Crippen molar-refractivity contribution in [3.05, 3.63) is 157 Å². The van der Waals surface area contributed by atoms with Gasteiger partial charge in [-0.05, 0) is 101 Å². The molecule has 0 saturated carbocycles. The van der Waals surface area contributed by atoms with E-state index in [4.69, 9.17) is 0 Å². The highest BCUT2D eigenvalue weighted by molar-refractivity contribution is 6.84. The van der Waals surface area contributed by atoms with Crippen LogP contribution in [0.3, 0.4) is 0 Å². The molecular formula is C42H45Si. The summed E-state index contributed by atoms with van der Waals surface area (Å²) in [4.78, 5) is 0. The van der Waals surface area contributed by atoms with Gasteiger partial charge in [0.1, 0.15) is 0 Å². The van der Waals surface area contributed by atoms with Crippen LogP contribution in [0.5, 0.6) is 0 Å². The zero-order chi connectivity index (χ0) is 30.7. The second kappa shape index (κ2) is 10.5. The minimum atomic E-state index is -1.48. The normalized spacial score (nSPS) is 14.5. The molecule has 0 aromatic heterocycles. The van der Waals surface area contributed by atoms with Gasteiger partial charge in [-0.1, -0.05) is 151 Å². The molecule has 0 amide bonds. The Bertz CT molecular complexity index is 1960. The Hall–Kier alpha value is -3.68. The van der Waals surface area contributed by atoms with E-state index in [-0.39, 0.29) is 10.8 Å². The summed E-state index contributed by atoms with van der Waals surface area (Å²) in [5, 5.41) is 6.76. The van der Waals surface area contributed by atoms with Crippen LogP contribution < -0.4 is 10.4 Å². The number of benzene rings is 4. The van der Waals surface area contributed by atoms with Crippen molar-refractivity contribution in [2.75, 3.05) is 0 Å². The molecule has 0 atom stereocenters. The van der Waals surface area contributed by atoms with E-state index in [0.717, 1.165) is 6.42 Å². The van der Waals surface area contributed by atoms with E-state index < -0.39 is 8.07 Å². The number of fused-ring (bicyclic) bond motifs is 2. The average molecular weight is 578 g/mol. The van der Waals surface area contributed by atoms with Gasteiger partial charge in [0.05, 0.1) is 8.07 Å². The van der Waals surface area contributed by atoms with Crippen molar-refractivity contribution in [2.45, 2.75) is 78.4 Å². The van der Waals surface area contributed by atoms with Crippen LogP contribution in [0.2, 0.25) is 19.6 Å². The van der Waals surface area contributed by atoms with E-state index in [1.54, 1.807) is 5.20 Å². The molecule has 4 aromatic rings. The second-order valence-electron chi connectivity index (χ2n) is 15.4. The molecule has 0 spiro atoms. The highest BCUT2D eigenvalue weighted by Gasteiger charge is 2.28. The van der Waals surface area contributed by atoms with Crippen molar-refractivity contribution >= 4 is 25.3 Å². The van der Waals surface area contributed by atoms with Gasteiger partial charge in [-0.15, -0.1) is 0 Å². The first-order valence-electron chi connectivity index (χ1n) is 15.8. The van der Waals surface area contributed by atoms with Crippen molar-refractivity contribution in [1.82, 2.24) is 0 Å². The van der Waals surface area contributed by atoms with Crippen LogP contribution in [0.4, 0.5) is 0 Å². The van der Waals surface area contributed by atoms with Crippen molar-refractivity contribution in [2.24, 2.45) is 0 Å². The molecule has 0 N–H and O–H groups in total. The Morgan fingerprint density at radius 1 is 0.698 bits per heavy atom. The summed E-state index contributed by atoms with van der Waals surface area (Å²) in [6, 6.07) is 31.6. The molecular weight excluding hydrogens is 533 g/mol. The summed E-state index contributed by atoms with van der Waals surface area (Å²) in [6.45, 7) is 21.4. The lowest BCUT2D eigenvalue weighted by Crippen LogP contribution is -2.29. The molecule has 4 aromatic carbocycles. The maximum Gasteiger partial charge on any atom is 0.0772 e. The van der Waals surface area contributed by atoms with Crippen LogP contribution in [0.15, 0.2) is 102 Å². The summed E-state index contributed by atoms with van der Waals surface area (Å²) in [6.07, 6.45) is 9.98. The third-order valence-corrected chi connectivity index (χ3v) is 11.1. The number of hydrogen-bond acceptors (Lipinski definition) is 0. The fourth-order valence-corrected chi connectivity index (χ4v) is 7.88. The van der Waals surface area contributed by atoms with Crippen molar-refractivity contribution < 1.29 is 0 Å². The van der Waals surface area contributed by atoms with Gasteiger partial charge in [-0.25, -0.2) is 0 Å². The Kier molecular flexibility index (Phi) is 7.17. The first-order valence-corrected chi connectivity index (χ1v) is 19.3. The molecule has 2 aliphatic rings. The van der Waals surface area contributed by atoms with E-state index in [9.17, 15) is 0 Å². The molecule has 0 saturated heterocycles. The number of hydrogen-bond donors (Lipinski definition) is 0. The average Bonchev–Trinajstić information content (AvgIpc) is 3.58. The van der Waals surface area contributed by atoms with Gasteiger partial charge in [-0.2, -0.15) is 0 Å². The van der Waals surface area contributed by atoms with Crippen LogP contribution in [0.25, 0.3) is 17.2 Å². The predicted molar refractivity (Wildman–Crippen MR) is 188 cm³/mol. The summed E-state index contributed by atoms with van der Waals surface area (Å²) >= 11 is 0. The Morgan fingerprint density at radius 3 is 1.81 bits per heavy atom. The Morgan fingerprint density at radius 2 is 1.30 bits per heavy atom. The maximum atomic E-state index is 3.97. The third-order valence-electron chi connectivity index (χ3n) is 9.00. The Labute approximate surface area is 259 Å². The summed E-state index contributed by atoms with van der Waals surface area (Å²) in [5.74, 6) is 0.